The monoisotopic (exact) mass is 335 g/mol. The van der Waals surface area contributed by atoms with Crippen LogP contribution in [0.4, 0.5) is 10.1 Å². The number of hydrogen-bond acceptors (Lipinski definition) is 3. The minimum atomic E-state index is -0.600. The van der Waals surface area contributed by atoms with E-state index in [-0.39, 0.29) is 28.6 Å². The molecule has 0 aliphatic heterocycles. The Balaban J connectivity index is 2.57. The summed E-state index contributed by atoms with van der Waals surface area (Å²) in [5.74, 6) is -1.54. The number of rotatable bonds is 4. The number of benzene rings is 1. The van der Waals surface area contributed by atoms with Gasteiger partial charge in [-0.25, -0.2) is 4.39 Å². The van der Waals surface area contributed by atoms with Crippen LogP contribution in [0.1, 0.15) is 33.6 Å². The van der Waals surface area contributed by atoms with Gasteiger partial charge in [0.05, 0.1) is 22.2 Å². The molecule has 1 amide bonds. The van der Waals surface area contributed by atoms with Gasteiger partial charge >= 0.3 is 5.97 Å². The van der Waals surface area contributed by atoms with E-state index in [2.05, 4.69) is 5.32 Å². The van der Waals surface area contributed by atoms with Gasteiger partial charge in [0.25, 0.3) is 0 Å². The molecule has 0 atom stereocenters. The Morgan fingerprint density at radius 1 is 1.19 bits per heavy atom. The van der Waals surface area contributed by atoms with Gasteiger partial charge in [0.1, 0.15) is 11.4 Å². The zero-order valence-corrected chi connectivity index (χ0v) is 13.4. The van der Waals surface area contributed by atoms with Crippen molar-refractivity contribution < 1.29 is 18.7 Å². The number of ether oxygens (including phenoxy) is 1. The van der Waals surface area contributed by atoms with Crippen molar-refractivity contribution in [3.8, 4) is 0 Å². The minimum Gasteiger partial charge on any atom is -0.460 e. The van der Waals surface area contributed by atoms with Crippen LogP contribution in [0.3, 0.4) is 0 Å². The van der Waals surface area contributed by atoms with Crippen molar-refractivity contribution in [2.75, 3.05) is 5.32 Å². The fourth-order valence-electron chi connectivity index (χ4n) is 1.47. The Morgan fingerprint density at radius 2 is 1.71 bits per heavy atom. The predicted molar refractivity (Wildman–Crippen MR) is 80.1 cm³/mol. The zero-order chi connectivity index (χ0) is 16.2. The Labute approximate surface area is 132 Å². The summed E-state index contributed by atoms with van der Waals surface area (Å²) in [6.07, 6.45) is -0.154. The minimum absolute atomic E-state index is 0.00869. The average molecular weight is 336 g/mol. The highest BCUT2D eigenvalue weighted by Gasteiger charge is 2.18. The molecule has 1 aromatic carbocycles. The molecule has 1 rings (SSSR count). The molecule has 1 N–H and O–H groups in total. The van der Waals surface area contributed by atoms with E-state index in [1.54, 1.807) is 20.8 Å². The number of carbonyl (C=O) groups is 2. The molecule has 0 saturated heterocycles. The van der Waals surface area contributed by atoms with E-state index in [4.69, 9.17) is 27.9 Å². The van der Waals surface area contributed by atoms with E-state index >= 15 is 0 Å². The molecular formula is C14H16Cl2FNO3. The van der Waals surface area contributed by atoms with Gasteiger partial charge in [0.15, 0.2) is 0 Å². The van der Waals surface area contributed by atoms with E-state index in [1.807, 2.05) is 0 Å². The van der Waals surface area contributed by atoms with Crippen LogP contribution >= 0.6 is 23.2 Å². The molecule has 0 fully saturated rings. The quantitative estimate of drug-likeness (QED) is 0.839. The number of anilines is 1. The van der Waals surface area contributed by atoms with Gasteiger partial charge in [-0.2, -0.15) is 0 Å². The molecule has 0 spiro atoms. The SMILES string of the molecule is CC(C)(C)OC(=O)CCC(=O)Nc1c(Cl)cc(F)cc1Cl. The normalized spacial score (nSPS) is 11.1. The number of nitrogens with one attached hydrogen (secondary N) is 1. The standard InChI is InChI=1S/C14H16Cl2FNO3/c1-14(2,3)21-12(20)5-4-11(19)18-13-9(15)6-8(17)7-10(13)16/h6-7H,4-5H2,1-3H3,(H,18,19). The van der Waals surface area contributed by atoms with Crippen LogP contribution in [0, 0.1) is 5.82 Å². The van der Waals surface area contributed by atoms with Gasteiger partial charge in [-0.15, -0.1) is 0 Å². The van der Waals surface area contributed by atoms with Gasteiger partial charge in [0.2, 0.25) is 5.91 Å². The molecular weight excluding hydrogens is 320 g/mol. The first kappa shape index (κ1) is 17.7. The molecule has 1 aromatic rings. The third-order valence-electron chi connectivity index (χ3n) is 2.25. The first-order valence-corrected chi connectivity index (χ1v) is 7.00. The number of amides is 1. The lowest BCUT2D eigenvalue weighted by Gasteiger charge is -2.19. The summed E-state index contributed by atoms with van der Waals surface area (Å²) in [5.41, 5.74) is -0.481. The second kappa shape index (κ2) is 7.09. The molecule has 0 radical (unpaired) electrons. The van der Waals surface area contributed by atoms with Gasteiger partial charge in [0, 0.05) is 6.42 Å². The van der Waals surface area contributed by atoms with Gasteiger partial charge in [-0.05, 0) is 32.9 Å². The number of carbonyl (C=O) groups excluding carboxylic acids is 2. The van der Waals surface area contributed by atoms with Crippen LogP contribution in [0.25, 0.3) is 0 Å². The highest BCUT2D eigenvalue weighted by molar-refractivity contribution is 6.39. The van der Waals surface area contributed by atoms with Crippen LogP contribution in [0.2, 0.25) is 10.0 Å². The maximum atomic E-state index is 13.0. The molecule has 4 nitrogen and oxygen atoms in total. The van der Waals surface area contributed by atoms with Gasteiger partial charge < -0.3 is 10.1 Å². The van der Waals surface area contributed by atoms with Crippen molar-refractivity contribution in [1.82, 2.24) is 0 Å². The summed E-state index contributed by atoms with van der Waals surface area (Å²) in [5, 5.41) is 2.43. The number of halogens is 3. The Morgan fingerprint density at radius 3 is 2.19 bits per heavy atom. The summed E-state index contributed by atoms with van der Waals surface area (Å²) >= 11 is 11.6. The van der Waals surface area contributed by atoms with E-state index in [9.17, 15) is 14.0 Å². The Bertz CT molecular complexity index is 533. The van der Waals surface area contributed by atoms with Crippen molar-refractivity contribution in [2.45, 2.75) is 39.2 Å². The zero-order valence-electron chi connectivity index (χ0n) is 11.9. The lowest BCUT2D eigenvalue weighted by atomic mass is 10.2. The molecule has 0 aromatic heterocycles. The van der Waals surface area contributed by atoms with Crippen LogP contribution < -0.4 is 5.32 Å². The highest BCUT2D eigenvalue weighted by atomic mass is 35.5. The molecule has 0 bridgehead atoms. The van der Waals surface area contributed by atoms with Crippen molar-refractivity contribution >= 4 is 40.8 Å². The maximum Gasteiger partial charge on any atom is 0.306 e. The van der Waals surface area contributed by atoms with Crippen molar-refractivity contribution in [3.05, 3.63) is 28.0 Å². The summed E-state index contributed by atoms with van der Waals surface area (Å²) in [6.45, 7) is 5.22. The Kier molecular flexibility index (Phi) is 5.98. The fourth-order valence-corrected chi connectivity index (χ4v) is 2.03. The lowest BCUT2D eigenvalue weighted by molar-refractivity contribution is -0.155. The predicted octanol–water partition coefficient (Wildman–Crippen LogP) is 4.19. The van der Waals surface area contributed by atoms with E-state index in [0.29, 0.717) is 0 Å². The topological polar surface area (TPSA) is 55.4 Å². The smallest absolute Gasteiger partial charge is 0.306 e. The largest absolute Gasteiger partial charge is 0.460 e. The summed E-state index contributed by atoms with van der Waals surface area (Å²) < 4.78 is 18.1. The summed E-state index contributed by atoms with van der Waals surface area (Å²) in [6, 6.07) is 2.08. The second-order valence-electron chi connectivity index (χ2n) is 5.38. The summed E-state index contributed by atoms with van der Waals surface area (Å²) in [4.78, 5) is 23.2. The van der Waals surface area contributed by atoms with Gasteiger partial charge in [-0.3, -0.25) is 9.59 Å². The van der Waals surface area contributed by atoms with E-state index in [0.717, 1.165) is 12.1 Å². The van der Waals surface area contributed by atoms with Crippen molar-refractivity contribution in [1.29, 1.82) is 0 Å². The third kappa shape index (κ3) is 6.31. The summed E-state index contributed by atoms with van der Waals surface area (Å²) in [7, 11) is 0. The van der Waals surface area contributed by atoms with E-state index < -0.39 is 23.3 Å². The Hall–Kier alpha value is -1.33. The molecule has 0 aliphatic rings. The maximum absolute atomic E-state index is 13.0. The van der Waals surface area contributed by atoms with Crippen LogP contribution in [-0.2, 0) is 14.3 Å². The fraction of sp³-hybridized carbons (Fsp3) is 0.429. The molecule has 0 heterocycles. The van der Waals surface area contributed by atoms with Crippen molar-refractivity contribution in [2.24, 2.45) is 0 Å². The average Bonchev–Trinajstić information content (AvgIpc) is 2.29. The first-order chi connectivity index (χ1) is 9.58. The highest BCUT2D eigenvalue weighted by Crippen LogP contribution is 2.31. The van der Waals surface area contributed by atoms with Crippen LogP contribution in [0.15, 0.2) is 12.1 Å². The number of esters is 1. The molecule has 7 heteroatoms. The third-order valence-corrected chi connectivity index (χ3v) is 2.84. The number of hydrogen-bond donors (Lipinski definition) is 1. The van der Waals surface area contributed by atoms with Crippen LogP contribution in [-0.4, -0.2) is 17.5 Å². The lowest BCUT2D eigenvalue weighted by Crippen LogP contribution is -2.24. The molecule has 0 saturated carbocycles. The van der Waals surface area contributed by atoms with E-state index in [1.165, 1.54) is 0 Å². The van der Waals surface area contributed by atoms with Crippen LogP contribution in [0.5, 0.6) is 0 Å². The first-order valence-electron chi connectivity index (χ1n) is 6.25. The second-order valence-corrected chi connectivity index (χ2v) is 6.19. The molecule has 0 unspecified atom stereocenters. The van der Waals surface area contributed by atoms with Crippen molar-refractivity contribution in [3.63, 3.8) is 0 Å². The molecule has 0 aliphatic carbocycles. The molecule has 116 valence electrons. The molecule has 21 heavy (non-hydrogen) atoms. The van der Waals surface area contributed by atoms with Gasteiger partial charge in [-0.1, -0.05) is 23.2 Å².